The average Bonchev–Trinajstić information content (AvgIpc) is 2.69. The first-order chi connectivity index (χ1) is 13.0. The highest BCUT2D eigenvalue weighted by Gasteiger charge is 2.44. The van der Waals surface area contributed by atoms with Gasteiger partial charge in [0.25, 0.3) is 0 Å². The van der Waals surface area contributed by atoms with Gasteiger partial charge in [-0.25, -0.2) is 4.39 Å². The Kier molecular flexibility index (Phi) is 5.60. The lowest BCUT2D eigenvalue weighted by atomic mass is 9.65. The first-order valence-corrected chi connectivity index (χ1v) is 9.54. The van der Waals surface area contributed by atoms with Crippen LogP contribution in [0.1, 0.15) is 56.6 Å². The van der Waals surface area contributed by atoms with Crippen molar-refractivity contribution < 1.29 is 14.3 Å². The highest BCUT2D eigenvalue weighted by molar-refractivity contribution is 5.82. The maximum atomic E-state index is 15.0. The Morgan fingerprint density at radius 2 is 1.81 bits per heavy atom. The molecule has 3 nitrogen and oxygen atoms in total. The molecule has 0 spiro atoms. The minimum absolute atomic E-state index is 0.294. The summed E-state index contributed by atoms with van der Waals surface area (Å²) in [5.74, 6) is -0.848. The van der Waals surface area contributed by atoms with Crippen LogP contribution in [0.25, 0.3) is 11.1 Å². The van der Waals surface area contributed by atoms with Crippen LogP contribution in [-0.2, 0) is 10.2 Å². The highest BCUT2D eigenvalue weighted by atomic mass is 19.1. The highest BCUT2D eigenvalue weighted by Crippen LogP contribution is 2.44. The van der Waals surface area contributed by atoms with Crippen molar-refractivity contribution in [3.05, 3.63) is 59.4 Å². The maximum absolute atomic E-state index is 15.0. The Labute approximate surface area is 159 Å². The zero-order valence-corrected chi connectivity index (χ0v) is 15.5. The van der Waals surface area contributed by atoms with Gasteiger partial charge in [-0.05, 0) is 60.9 Å². The third-order valence-corrected chi connectivity index (χ3v) is 5.90. The van der Waals surface area contributed by atoms with Gasteiger partial charge < -0.3 is 5.11 Å². The normalized spacial score (nSPS) is 22.2. The number of nitriles is 1. The van der Waals surface area contributed by atoms with E-state index in [1.165, 1.54) is 6.07 Å². The summed E-state index contributed by atoms with van der Waals surface area (Å²) in [7, 11) is 0. The van der Waals surface area contributed by atoms with Crippen LogP contribution in [0.3, 0.4) is 0 Å². The average molecular weight is 365 g/mol. The molecule has 0 bridgehead atoms. The van der Waals surface area contributed by atoms with Crippen LogP contribution in [0.15, 0.2) is 42.5 Å². The second kappa shape index (κ2) is 7.92. The molecule has 27 heavy (non-hydrogen) atoms. The zero-order chi connectivity index (χ0) is 19.4. The number of aliphatic carboxylic acids is 1. The van der Waals surface area contributed by atoms with Gasteiger partial charge in [0.05, 0.1) is 17.0 Å². The Bertz CT molecular complexity index is 859. The molecule has 1 aliphatic rings. The van der Waals surface area contributed by atoms with Crippen molar-refractivity contribution in [1.29, 1.82) is 5.26 Å². The number of hydrogen-bond acceptors (Lipinski definition) is 2. The number of hydrogen-bond donors (Lipinski definition) is 1. The standard InChI is InChI=1S/C23H24FNO2/c1-2-3-16-10-12-23(13-11-16,22(26)27)20-9-8-19(14-21(20)24)18-6-4-17(15-25)5-7-18/h4-9,14,16H,2-3,10-13H2,1H3,(H,26,27). The van der Waals surface area contributed by atoms with Gasteiger partial charge in [-0.15, -0.1) is 0 Å². The molecular weight excluding hydrogens is 341 g/mol. The fraction of sp³-hybridized carbons (Fsp3) is 0.391. The summed E-state index contributed by atoms with van der Waals surface area (Å²) in [6.45, 7) is 2.14. The molecular formula is C23H24FNO2. The predicted molar refractivity (Wildman–Crippen MR) is 103 cm³/mol. The number of benzene rings is 2. The molecule has 140 valence electrons. The quantitative estimate of drug-likeness (QED) is 0.742. The molecule has 0 radical (unpaired) electrons. The monoisotopic (exact) mass is 365 g/mol. The van der Waals surface area contributed by atoms with Crippen molar-refractivity contribution in [2.75, 3.05) is 0 Å². The molecule has 3 rings (SSSR count). The second-order valence-electron chi connectivity index (χ2n) is 7.50. The van der Waals surface area contributed by atoms with Crippen molar-refractivity contribution in [3.8, 4) is 17.2 Å². The fourth-order valence-corrected chi connectivity index (χ4v) is 4.29. The summed E-state index contributed by atoms with van der Waals surface area (Å²) < 4.78 is 15.0. The van der Waals surface area contributed by atoms with Gasteiger partial charge in [-0.3, -0.25) is 4.79 Å². The SMILES string of the molecule is CCCC1CCC(C(=O)O)(c2ccc(-c3ccc(C#N)cc3)cc2F)CC1. The molecule has 1 fully saturated rings. The van der Waals surface area contributed by atoms with Gasteiger partial charge in [0.2, 0.25) is 0 Å². The summed E-state index contributed by atoms with van der Waals surface area (Å²) in [4.78, 5) is 12.1. The summed E-state index contributed by atoms with van der Waals surface area (Å²) >= 11 is 0. The van der Waals surface area contributed by atoms with E-state index < -0.39 is 17.2 Å². The second-order valence-corrected chi connectivity index (χ2v) is 7.50. The zero-order valence-electron chi connectivity index (χ0n) is 15.5. The minimum atomic E-state index is -1.13. The molecule has 2 aromatic carbocycles. The number of rotatable bonds is 5. The topological polar surface area (TPSA) is 61.1 Å². The van der Waals surface area contributed by atoms with E-state index >= 15 is 4.39 Å². The molecule has 0 aromatic heterocycles. The third-order valence-electron chi connectivity index (χ3n) is 5.90. The third kappa shape index (κ3) is 3.73. The van der Waals surface area contributed by atoms with Crippen molar-refractivity contribution in [2.45, 2.75) is 50.9 Å². The van der Waals surface area contributed by atoms with Crippen LogP contribution in [0.5, 0.6) is 0 Å². The lowest BCUT2D eigenvalue weighted by Crippen LogP contribution is -2.40. The van der Waals surface area contributed by atoms with Crippen molar-refractivity contribution in [3.63, 3.8) is 0 Å². The molecule has 1 N–H and O–H groups in total. The summed E-state index contributed by atoms with van der Waals surface area (Å²) in [5.41, 5.74) is 1.20. The molecule has 0 saturated heterocycles. The van der Waals surface area contributed by atoms with Gasteiger partial charge in [0, 0.05) is 5.56 Å². The first-order valence-electron chi connectivity index (χ1n) is 9.54. The molecule has 0 atom stereocenters. The maximum Gasteiger partial charge on any atom is 0.314 e. The minimum Gasteiger partial charge on any atom is -0.481 e. The summed E-state index contributed by atoms with van der Waals surface area (Å²) in [5, 5.41) is 18.8. The van der Waals surface area contributed by atoms with E-state index in [1.807, 2.05) is 0 Å². The van der Waals surface area contributed by atoms with Crippen LogP contribution in [0.4, 0.5) is 4.39 Å². The van der Waals surface area contributed by atoms with E-state index in [0.717, 1.165) is 31.2 Å². The largest absolute Gasteiger partial charge is 0.481 e. The smallest absolute Gasteiger partial charge is 0.314 e. The summed E-state index contributed by atoms with van der Waals surface area (Å²) in [6, 6.07) is 13.8. The van der Waals surface area contributed by atoms with E-state index in [-0.39, 0.29) is 0 Å². The molecule has 4 heteroatoms. The van der Waals surface area contributed by atoms with Crippen LogP contribution in [0, 0.1) is 23.1 Å². The van der Waals surface area contributed by atoms with Gasteiger partial charge in [-0.1, -0.05) is 44.0 Å². The molecule has 0 amide bonds. The Morgan fingerprint density at radius 3 is 2.33 bits per heavy atom. The van der Waals surface area contributed by atoms with E-state index in [1.54, 1.807) is 36.4 Å². The van der Waals surface area contributed by atoms with Crippen LogP contribution >= 0.6 is 0 Å². The van der Waals surface area contributed by atoms with Crippen LogP contribution < -0.4 is 0 Å². The van der Waals surface area contributed by atoms with Crippen molar-refractivity contribution in [2.24, 2.45) is 5.92 Å². The lowest BCUT2D eigenvalue weighted by Gasteiger charge is -2.37. The fourth-order valence-electron chi connectivity index (χ4n) is 4.29. The number of nitrogens with zero attached hydrogens (tertiary/aromatic N) is 1. The number of carboxylic acids is 1. The molecule has 1 saturated carbocycles. The molecule has 2 aromatic rings. The Balaban J connectivity index is 1.91. The number of halogens is 1. The van der Waals surface area contributed by atoms with E-state index in [4.69, 9.17) is 5.26 Å². The Hall–Kier alpha value is -2.67. The molecule has 0 aliphatic heterocycles. The van der Waals surface area contributed by atoms with Gasteiger partial charge in [0.15, 0.2) is 0 Å². The van der Waals surface area contributed by atoms with Crippen LogP contribution in [-0.4, -0.2) is 11.1 Å². The lowest BCUT2D eigenvalue weighted by molar-refractivity contribution is -0.145. The first kappa shape index (κ1) is 19.1. The molecule has 1 aliphatic carbocycles. The predicted octanol–water partition coefficient (Wildman–Crippen LogP) is 5.68. The Morgan fingerprint density at radius 1 is 1.19 bits per heavy atom. The number of carbonyl (C=O) groups is 1. The van der Waals surface area contributed by atoms with E-state index in [2.05, 4.69) is 13.0 Å². The van der Waals surface area contributed by atoms with E-state index in [0.29, 0.717) is 35.4 Å². The molecule has 0 unspecified atom stereocenters. The van der Waals surface area contributed by atoms with Gasteiger partial charge in [0.1, 0.15) is 5.82 Å². The van der Waals surface area contributed by atoms with Crippen LogP contribution in [0.2, 0.25) is 0 Å². The van der Waals surface area contributed by atoms with Crippen molar-refractivity contribution in [1.82, 2.24) is 0 Å². The van der Waals surface area contributed by atoms with Gasteiger partial charge in [-0.2, -0.15) is 5.26 Å². The molecule has 0 heterocycles. The van der Waals surface area contributed by atoms with Gasteiger partial charge >= 0.3 is 5.97 Å². The number of carboxylic acid groups (broad SMARTS) is 1. The summed E-state index contributed by atoms with van der Waals surface area (Å²) in [6.07, 6.45) is 4.84. The van der Waals surface area contributed by atoms with E-state index in [9.17, 15) is 9.90 Å². The van der Waals surface area contributed by atoms with Crippen molar-refractivity contribution >= 4 is 5.97 Å².